The second kappa shape index (κ2) is 4.63. The van der Waals surface area contributed by atoms with E-state index in [-0.39, 0.29) is 0 Å². The van der Waals surface area contributed by atoms with Crippen molar-refractivity contribution in [1.29, 1.82) is 0 Å². The molecular weight excluding hydrogens is 172 g/mol. The molecule has 1 N–H and O–H groups in total. The first kappa shape index (κ1) is 10.4. The maximum absolute atomic E-state index is 3.29. The Labute approximate surface area is 88.1 Å². The summed E-state index contributed by atoms with van der Waals surface area (Å²) < 4.78 is 0. The van der Waals surface area contributed by atoms with Gasteiger partial charge >= 0.3 is 0 Å². The third-order valence-corrected chi connectivity index (χ3v) is 3.90. The smallest absolute Gasteiger partial charge is 0.00129 e. The van der Waals surface area contributed by atoms with Gasteiger partial charge in [-0.3, -0.25) is 0 Å². The van der Waals surface area contributed by atoms with E-state index in [1.54, 1.807) is 0 Å². The second-order valence-electron chi connectivity index (χ2n) is 5.30. The van der Waals surface area contributed by atoms with Crippen molar-refractivity contribution in [1.82, 2.24) is 10.2 Å². The van der Waals surface area contributed by atoms with Gasteiger partial charge in [0.15, 0.2) is 0 Å². The lowest BCUT2D eigenvalue weighted by Crippen LogP contribution is -2.34. The number of piperidine rings is 1. The molecule has 2 rings (SSSR count). The molecular formula is C12H24N2. The molecule has 0 aromatic carbocycles. The summed E-state index contributed by atoms with van der Waals surface area (Å²) in [5, 5.41) is 3.29. The highest BCUT2D eigenvalue weighted by Gasteiger charge is 2.37. The van der Waals surface area contributed by atoms with Crippen LogP contribution in [0.1, 0.15) is 26.2 Å². The third-order valence-electron chi connectivity index (χ3n) is 3.90. The molecule has 1 aliphatic carbocycles. The van der Waals surface area contributed by atoms with E-state index in [4.69, 9.17) is 0 Å². The monoisotopic (exact) mass is 196 g/mol. The van der Waals surface area contributed by atoms with Gasteiger partial charge in [0.25, 0.3) is 0 Å². The van der Waals surface area contributed by atoms with Crippen molar-refractivity contribution in [2.45, 2.75) is 26.2 Å². The molecule has 1 heterocycles. The summed E-state index contributed by atoms with van der Waals surface area (Å²) in [5.74, 6) is 2.97. The quantitative estimate of drug-likeness (QED) is 0.734. The zero-order chi connectivity index (χ0) is 9.97. The fourth-order valence-electron chi connectivity index (χ4n) is 2.62. The number of likely N-dealkylation sites (tertiary alicyclic amines) is 1. The molecule has 2 atom stereocenters. The Balaban J connectivity index is 1.62. The van der Waals surface area contributed by atoms with E-state index in [2.05, 4.69) is 24.2 Å². The lowest BCUT2D eigenvalue weighted by atomic mass is 9.99. The van der Waals surface area contributed by atoms with Gasteiger partial charge in [-0.15, -0.1) is 0 Å². The van der Waals surface area contributed by atoms with Crippen molar-refractivity contribution in [2.75, 3.05) is 33.2 Å². The minimum atomic E-state index is 0.971. The molecule has 0 aromatic rings. The van der Waals surface area contributed by atoms with Gasteiger partial charge in [-0.1, -0.05) is 6.92 Å². The summed E-state index contributed by atoms with van der Waals surface area (Å²) in [6.45, 7) is 7.69. The summed E-state index contributed by atoms with van der Waals surface area (Å²) in [5.41, 5.74) is 0. The van der Waals surface area contributed by atoms with Crippen LogP contribution >= 0.6 is 0 Å². The largest absolute Gasteiger partial charge is 0.319 e. The average Bonchev–Trinajstić information content (AvgIpc) is 2.89. The molecule has 1 aliphatic heterocycles. The first-order valence-electron chi connectivity index (χ1n) is 6.16. The summed E-state index contributed by atoms with van der Waals surface area (Å²) in [6, 6.07) is 0. The number of hydrogen-bond donors (Lipinski definition) is 1. The van der Waals surface area contributed by atoms with Crippen molar-refractivity contribution in [3.8, 4) is 0 Å². The lowest BCUT2D eigenvalue weighted by molar-refractivity contribution is 0.183. The summed E-state index contributed by atoms with van der Waals surface area (Å²) >= 11 is 0. The molecule has 1 saturated heterocycles. The van der Waals surface area contributed by atoms with Crippen molar-refractivity contribution in [2.24, 2.45) is 17.8 Å². The maximum Gasteiger partial charge on any atom is 0.00129 e. The Morgan fingerprint density at radius 1 is 1.21 bits per heavy atom. The Bertz CT molecular complexity index is 173. The fourth-order valence-corrected chi connectivity index (χ4v) is 2.62. The minimum Gasteiger partial charge on any atom is -0.319 e. The van der Waals surface area contributed by atoms with Crippen LogP contribution in [0.25, 0.3) is 0 Å². The van der Waals surface area contributed by atoms with Gasteiger partial charge in [-0.2, -0.15) is 0 Å². The zero-order valence-corrected chi connectivity index (χ0v) is 9.63. The number of nitrogens with one attached hydrogen (secondary N) is 1. The van der Waals surface area contributed by atoms with E-state index in [0.717, 1.165) is 17.8 Å². The van der Waals surface area contributed by atoms with E-state index >= 15 is 0 Å². The third kappa shape index (κ3) is 2.71. The predicted octanol–water partition coefficient (Wildman–Crippen LogP) is 1.57. The molecule has 2 nitrogen and oxygen atoms in total. The van der Waals surface area contributed by atoms with Crippen LogP contribution in [0.15, 0.2) is 0 Å². The zero-order valence-electron chi connectivity index (χ0n) is 9.63. The Kier molecular flexibility index (Phi) is 3.45. The highest BCUT2D eigenvalue weighted by atomic mass is 15.1. The highest BCUT2D eigenvalue weighted by Crippen LogP contribution is 2.38. The molecule has 0 radical (unpaired) electrons. The van der Waals surface area contributed by atoms with Gasteiger partial charge in [0.1, 0.15) is 0 Å². The highest BCUT2D eigenvalue weighted by molar-refractivity contribution is 4.90. The molecule has 2 aliphatic rings. The molecule has 0 unspecified atom stereocenters. The van der Waals surface area contributed by atoms with Crippen molar-refractivity contribution < 1.29 is 0 Å². The van der Waals surface area contributed by atoms with Crippen LogP contribution < -0.4 is 5.32 Å². The maximum atomic E-state index is 3.29. The molecule has 0 spiro atoms. The van der Waals surface area contributed by atoms with E-state index in [1.165, 1.54) is 45.4 Å². The van der Waals surface area contributed by atoms with Gasteiger partial charge in [0.2, 0.25) is 0 Å². The summed E-state index contributed by atoms with van der Waals surface area (Å²) in [7, 11) is 2.07. The van der Waals surface area contributed by atoms with Crippen LogP contribution in [0.4, 0.5) is 0 Å². The lowest BCUT2D eigenvalue weighted by Gasteiger charge is -2.30. The molecule has 1 saturated carbocycles. The van der Waals surface area contributed by atoms with Gasteiger partial charge < -0.3 is 10.2 Å². The molecule has 14 heavy (non-hydrogen) atoms. The molecule has 2 fully saturated rings. The molecule has 0 bridgehead atoms. The standard InChI is InChI=1S/C12H24N2/c1-10-3-5-14(6-4-10)9-12-7-11(12)8-13-2/h10-13H,3-9H2,1-2H3/t11-,12+/m0/s1. The molecule has 82 valence electrons. The van der Waals surface area contributed by atoms with Crippen LogP contribution in [0.5, 0.6) is 0 Å². The van der Waals surface area contributed by atoms with E-state index in [1.807, 2.05) is 0 Å². The van der Waals surface area contributed by atoms with Crippen LogP contribution in [-0.2, 0) is 0 Å². The van der Waals surface area contributed by atoms with Crippen LogP contribution in [0.3, 0.4) is 0 Å². The topological polar surface area (TPSA) is 15.3 Å². The fraction of sp³-hybridized carbons (Fsp3) is 1.00. The number of rotatable bonds is 4. The average molecular weight is 196 g/mol. The Hall–Kier alpha value is -0.0800. The van der Waals surface area contributed by atoms with E-state index < -0.39 is 0 Å². The SMILES string of the molecule is CNC[C@@H]1C[C@@H]1CN1CCC(C)CC1. The Morgan fingerprint density at radius 3 is 2.57 bits per heavy atom. The van der Waals surface area contributed by atoms with Crippen LogP contribution in [0, 0.1) is 17.8 Å². The molecule has 0 aromatic heterocycles. The normalized spacial score (nSPS) is 34.7. The van der Waals surface area contributed by atoms with Gasteiger partial charge in [-0.05, 0) is 63.7 Å². The summed E-state index contributed by atoms with van der Waals surface area (Å²) in [6.07, 6.45) is 4.31. The summed E-state index contributed by atoms with van der Waals surface area (Å²) in [4.78, 5) is 2.68. The molecule has 2 heteroatoms. The van der Waals surface area contributed by atoms with Crippen molar-refractivity contribution in [3.63, 3.8) is 0 Å². The second-order valence-corrected chi connectivity index (χ2v) is 5.30. The van der Waals surface area contributed by atoms with Crippen LogP contribution in [-0.4, -0.2) is 38.1 Å². The first-order valence-corrected chi connectivity index (χ1v) is 6.16. The van der Waals surface area contributed by atoms with Crippen molar-refractivity contribution >= 4 is 0 Å². The first-order chi connectivity index (χ1) is 6.79. The van der Waals surface area contributed by atoms with E-state index in [9.17, 15) is 0 Å². The Morgan fingerprint density at radius 2 is 1.93 bits per heavy atom. The number of hydrogen-bond acceptors (Lipinski definition) is 2. The van der Waals surface area contributed by atoms with Crippen molar-refractivity contribution in [3.05, 3.63) is 0 Å². The van der Waals surface area contributed by atoms with Gasteiger partial charge in [0.05, 0.1) is 0 Å². The van der Waals surface area contributed by atoms with Gasteiger partial charge in [0, 0.05) is 6.54 Å². The molecule has 0 amide bonds. The minimum absolute atomic E-state index is 0.971. The van der Waals surface area contributed by atoms with Crippen LogP contribution in [0.2, 0.25) is 0 Å². The van der Waals surface area contributed by atoms with E-state index in [0.29, 0.717) is 0 Å². The predicted molar refractivity (Wildman–Crippen MR) is 60.4 cm³/mol. The number of nitrogens with zero attached hydrogens (tertiary/aromatic N) is 1. The van der Waals surface area contributed by atoms with Gasteiger partial charge in [-0.25, -0.2) is 0 Å².